The minimum atomic E-state index is 0.922. The summed E-state index contributed by atoms with van der Waals surface area (Å²) >= 11 is 0. The summed E-state index contributed by atoms with van der Waals surface area (Å²) in [5, 5.41) is 4.81. The van der Waals surface area contributed by atoms with Gasteiger partial charge in [-0.05, 0) is 77.9 Å². The Morgan fingerprint density at radius 3 is 1.90 bits per heavy atom. The van der Waals surface area contributed by atoms with Gasteiger partial charge in [0.05, 0.1) is 11.0 Å². The maximum absolute atomic E-state index is 6.02. The molecule has 0 atom stereocenters. The average Bonchev–Trinajstić information content (AvgIpc) is 3.61. The minimum absolute atomic E-state index is 0.922. The summed E-state index contributed by atoms with van der Waals surface area (Å²) in [5.74, 6) is 0. The van der Waals surface area contributed by atoms with Crippen LogP contribution in [0.15, 0.2) is 144 Å². The van der Waals surface area contributed by atoms with E-state index in [1.807, 2.05) is 26.0 Å². The second-order valence-electron chi connectivity index (χ2n) is 10.3. The number of rotatable bonds is 4. The van der Waals surface area contributed by atoms with Crippen LogP contribution in [0.1, 0.15) is 13.8 Å². The molecule has 6 aromatic carbocycles. The molecule has 3 nitrogen and oxygen atoms in total. The third-order valence-electron chi connectivity index (χ3n) is 8.02. The van der Waals surface area contributed by atoms with Crippen molar-refractivity contribution >= 4 is 55.1 Å². The molecule has 2 heterocycles. The molecule has 0 aliphatic rings. The molecule has 8 rings (SSSR count). The normalized spacial score (nSPS) is 11.2. The first kappa shape index (κ1) is 25.7. The van der Waals surface area contributed by atoms with Crippen LogP contribution >= 0.6 is 0 Å². The number of benzene rings is 6. The number of hydrogen-bond acceptors (Lipinski definition) is 2. The van der Waals surface area contributed by atoms with Crippen molar-refractivity contribution in [1.82, 2.24) is 4.57 Å². The second kappa shape index (κ2) is 10.6. The zero-order valence-corrected chi connectivity index (χ0v) is 24.1. The van der Waals surface area contributed by atoms with Gasteiger partial charge in [-0.3, -0.25) is 0 Å². The Kier molecular flexibility index (Phi) is 6.48. The maximum Gasteiger partial charge on any atom is 0.135 e. The van der Waals surface area contributed by atoms with Gasteiger partial charge in [-0.1, -0.05) is 86.6 Å². The SMILES string of the molecule is CC.CN(c1ccc(-c2ccc3oc4ccccc4c3c2)cc1)c1ccc2c(c1)c1ccccc1n2-c1ccccc1. The van der Waals surface area contributed by atoms with Crippen LogP contribution in [0.4, 0.5) is 11.4 Å². The zero-order valence-electron chi connectivity index (χ0n) is 24.1. The Labute approximate surface area is 245 Å². The fourth-order valence-corrected chi connectivity index (χ4v) is 5.96. The van der Waals surface area contributed by atoms with E-state index in [0.717, 1.165) is 33.3 Å². The smallest absolute Gasteiger partial charge is 0.135 e. The molecule has 8 aromatic rings. The molecule has 0 saturated heterocycles. The second-order valence-corrected chi connectivity index (χ2v) is 10.3. The van der Waals surface area contributed by atoms with E-state index in [-0.39, 0.29) is 0 Å². The topological polar surface area (TPSA) is 21.3 Å². The molecular weight excluding hydrogens is 512 g/mol. The number of nitrogens with zero attached hydrogens (tertiary/aromatic N) is 2. The summed E-state index contributed by atoms with van der Waals surface area (Å²) in [7, 11) is 2.14. The van der Waals surface area contributed by atoms with E-state index < -0.39 is 0 Å². The van der Waals surface area contributed by atoms with Crippen molar-refractivity contribution in [3.8, 4) is 16.8 Å². The van der Waals surface area contributed by atoms with Gasteiger partial charge >= 0.3 is 0 Å². The maximum atomic E-state index is 6.02. The molecule has 0 N–H and O–H groups in total. The van der Waals surface area contributed by atoms with Gasteiger partial charge in [0.1, 0.15) is 11.2 Å². The van der Waals surface area contributed by atoms with E-state index in [4.69, 9.17) is 4.42 Å². The zero-order chi connectivity index (χ0) is 28.6. The van der Waals surface area contributed by atoms with Crippen LogP contribution in [0.2, 0.25) is 0 Å². The van der Waals surface area contributed by atoms with E-state index >= 15 is 0 Å². The number of fused-ring (bicyclic) bond motifs is 6. The Balaban J connectivity index is 0.00000141. The molecule has 0 aliphatic carbocycles. The summed E-state index contributed by atoms with van der Waals surface area (Å²) in [6.07, 6.45) is 0. The quantitative estimate of drug-likeness (QED) is 0.220. The molecule has 0 spiro atoms. The third-order valence-corrected chi connectivity index (χ3v) is 8.02. The number of para-hydroxylation sites is 3. The van der Waals surface area contributed by atoms with E-state index in [0.29, 0.717) is 0 Å². The lowest BCUT2D eigenvalue weighted by Crippen LogP contribution is -2.09. The Hall–Kier alpha value is -5.28. The number of furan rings is 1. The van der Waals surface area contributed by atoms with E-state index in [1.165, 1.54) is 38.6 Å². The molecular formula is C39H32N2O. The van der Waals surface area contributed by atoms with E-state index in [1.54, 1.807) is 0 Å². The molecule has 0 fully saturated rings. The Morgan fingerprint density at radius 2 is 1.10 bits per heavy atom. The van der Waals surface area contributed by atoms with Crippen molar-refractivity contribution in [2.45, 2.75) is 13.8 Å². The largest absolute Gasteiger partial charge is 0.456 e. The van der Waals surface area contributed by atoms with Crippen LogP contribution in [0.3, 0.4) is 0 Å². The van der Waals surface area contributed by atoms with Gasteiger partial charge in [0.15, 0.2) is 0 Å². The van der Waals surface area contributed by atoms with Crippen LogP contribution in [0, 0.1) is 0 Å². The van der Waals surface area contributed by atoms with Gasteiger partial charge in [-0.25, -0.2) is 0 Å². The van der Waals surface area contributed by atoms with Crippen LogP contribution in [-0.4, -0.2) is 11.6 Å². The molecule has 0 unspecified atom stereocenters. The van der Waals surface area contributed by atoms with E-state index in [2.05, 4.69) is 144 Å². The van der Waals surface area contributed by atoms with Gasteiger partial charge in [-0.15, -0.1) is 0 Å². The molecule has 204 valence electrons. The summed E-state index contributed by atoms with van der Waals surface area (Å²) in [5.41, 5.74) is 10.1. The van der Waals surface area contributed by atoms with Crippen LogP contribution in [0.25, 0.3) is 60.6 Å². The lowest BCUT2D eigenvalue weighted by molar-refractivity contribution is 0.669. The number of aromatic nitrogens is 1. The van der Waals surface area contributed by atoms with Crippen molar-refractivity contribution in [1.29, 1.82) is 0 Å². The predicted molar refractivity (Wildman–Crippen MR) is 179 cm³/mol. The summed E-state index contributed by atoms with van der Waals surface area (Å²) in [4.78, 5) is 2.25. The third kappa shape index (κ3) is 4.22. The van der Waals surface area contributed by atoms with Crippen molar-refractivity contribution in [2.24, 2.45) is 0 Å². The molecule has 3 heteroatoms. The predicted octanol–water partition coefficient (Wildman–Crippen LogP) is 11.1. The highest BCUT2D eigenvalue weighted by molar-refractivity contribution is 6.10. The van der Waals surface area contributed by atoms with Crippen molar-refractivity contribution < 1.29 is 4.42 Å². The highest BCUT2D eigenvalue weighted by Gasteiger charge is 2.14. The molecule has 0 radical (unpaired) electrons. The molecule has 0 bridgehead atoms. The average molecular weight is 545 g/mol. The summed E-state index contributed by atoms with van der Waals surface area (Å²) < 4.78 is 8.37. The first-order valence-electron chi connectivity index (χ1n) is 14.6. The van der Waals surface area contributed by atoms with Gasteiger partial charge in [0.2, 0.25) is 0 Å². The summed E-state index contributed by atoms with van der Waals surface area (Å²) in [6.45, 7) is 4.00. The monoisotopic (exact) mass is 544 g/mol. The Morgan fingerprint density at radius 1 is 0.476 bits per heavy atom. The van der Waals surface area contributed by atoms with Gasteiger partial charge in [0, 0.05) is 45.7 Å². The van der Waals surface area contributed by atoms with Crippen LogP contribution < -0.4 is 4.90 Å². The van der Waals surface area contributed by atoms with Crippen molar-refractivity contribution in [2.75, 3.05) is 11.9 Å². The van der Waals surface area contributed by atoms with E-state index in [9.17, 15) is 0 Å². The van der Waals surface area contributed by atoms with Crippen molar-refractivity contribution in [3.05, 3.63) is 140 Å². The molecule has 0 aliphatic heterocycles. The first-order valence-corrected chi connectivity index (χ1v) is 14.6. The lowest BCUT2D eigenvalue weighted by Gasteiger charge is -2.20. The van der Waals surface area contributed by atoms with Crippen molar-refractivity contribution in [3.63, 3.8) is 0 Å². The first-order chi connectivity index (χ1) is 20.7. The Bertz CT molecular complexity index is 2170. The van der Waals surface area contributed by atoms with Crippen LogP contribution in [0.5, 0.6) is 0 Å². The standard InChI is InChI=1S/C37H26N2O.C2H6/c1-38(27-18-15-25(16-19-27)26-17-22-37-33(23-26)31-12-6-8-14-36(31)40-37)29-20-21-35-32(24-29)30-11-5-7-13-34(30)39(35)28-9-3-2-4-10-28;1-2/h2-24H,1H3;1-2H3. The van der Waals surface area contributed by atoms with Gasteiger partial charge in [0.25, 0.3) is 0 Å². The number of anilines is 2. The van der Waals surface area contributed by atoms with Gasteiger partial charge in [-0.2, -0.15) is 0 Å². The highest BCUT2D eigenvalue weighted by atomic mass is 16.3. The molecule has 0 amide bonds. The number of hydrogen-bond donors (Lipinski definition) is 0. The fraction of sp³-hybridized carbons (Fsp3) is 0.0769. The lowest BCUT2D eigenvalue weighted by atomic mass is 10.0. The fourth-order valence-electron chi connectivity index (χ4n) is 5.96. The molecule has 42 heavy (non-hydrogen) atoms. The highest BCUT2D eigenvalue weighted by Crippen LogP contribution is 2.37. The van der Waals surface area contributed by atoms with Gasteiger partial charge < -0.3 is 13.9 Å². The molecule has 2 aromatic heterocycles. The summed E-state index contributed by atoms with van der Waals surface area (Å²) in [6, 6.07) is 49.5. The minimum Gasteiger partial charge on any atom is -0.456 e. The van der Waals surface area contributed by atoms with Crippen LogP contribution in [-0.2, 0) is 0 Å². The molecule has 0 saturated carbocycles.